The summed E-state index contributed by atoms with van der Waals surface area (Å²) in [5.41, 5.74) is 5.46. The van der Waals surface area contributed by atoms with Gasteiger partial charge in [-0.05, 0) is 73.6 Å². The Hall–Kier alpha value is -3.74. The normalized spacial score (nSPS) is 14.7. The molecule has 6 nitrogen and oxygen atoms in total. The summed E-state index contributed by atoms with van der Waals surface area (Å²) in [4.78, 5) is 21.0. The lowest BCUT2D eigenvalue weighted by Gasteiger charge is -2.19. The van der Waals surface area contributed by atoms with Crippen LogP contribution < -0.4 is 15.4 Å². The zero-order valence-corrected chi connectivity index (χ0v) is 19.1. The summed E-state index contributed by atoms with van der Waals surface area (Å²) in [5, 5.41) is 5.47. The number of ether oxygens (including phenoxy) is 1. The number of benzene rings is 1. The third-order valence-corrected chi connectivity index (χ3v) is 6.02. The molecule has 0 aliphatic heterocycles. The van der Waals surface area contributed by atoms with Crippen LogP contribution in [0.5, 0.6) is 11.5 Å². The summed E-state index contributed by atoms with van der Waals surface area (Å²) < 4.78 is 20.7. The first-order valence-corrected chi connectivity index (χ1v) is 11.8. The van der Waals surface area contributed by atoms with Crippen LogP contribution in [0.3, 0.4) is 0 Å². The predicted molar refractivity (Wildman–Crippen MR) is 130 cm³/mol. The van der Waals surface area contributed by atoms with Crippen molar-refractivity contribution in [2.75, 3.05) is 5.32 Å². The van der Waals surface area contributed by atoms with Gasteiger partial charge in [0.15, 0.2) is 11.6 Å². The molecule has 1 fully saturated rings. The molecule has 0 atom stereocenters. The molecule has 2 heterocycles. The summed E-state index contributed by atoms with van der Waals surface area (Å²) >= 11 is 0. The maximum absolute atomic E-state index is 14.7. The summed E-state index contributed by atoms with van der Waals surface area (Å²) in [6.45, 7) is 2.16. The van der Waals surface area contributed by atoms with Gasteiger partial charge in [-0.25, -0.2) is 9.18 Å². The van der Waals surface area contributed by atoms with Crippen LogP contribution in [0.2, 0.25) is 0 Å². The first-order chi connectivity index (χ1) is 16.6. The molecule has 1 aromatic carbocycles. The number of urea groups is 1. The number of fused-ring (bicyclic) bond motifs is 1. The highest BCUT2D eigenvalue weighted by atomic mass is 19.1. The van der Waals surface area contributed by atoms with E-state index in [-0.39, 0.29) is 17.8 Å². The number of hydrogen-bond acceptors (Lipinski definition) is 4. The van der Waals surface area contributed by atoms with Crippen LogP contribution in [0, 0.1) is 5.82 Å². The van der Waals surface area contributed by atoms with E-state index in [0.717, 1.165) is 61.0 Å². The molecule has 3 aromatic rings. The summed E-state index contributed by atoms with van der Waals surface area (Å²) in [6.07, 6.45) is 11.3. The van der Waals surface area contributed by atoms with E-state index in [1.807, 2.05) is 12.3 Å². The number of halogens is 1. The molecule has 34 heavy (non-hydrogen) atoms. The predicted octanol–water partition coefficient (Wildman–Crippen LogP) is 6.13. The number of nitrogens with one attached hydrogen (secondary N) is 2. The van der Waals surface area contributed by atoms with Gasteiger partial charge in [0, 0.05) is 35.8 Å². The fourth-order valence-electron chi connectivity index (χ4n) is 4.07. The van der Waals surface area contributed by atoms with Gasteiger partial charge in [0.1, 0.15) is 5.75 Å². The Morgan fingerprint density at radius 2 is 2.00 bits per heavy atom. The van der Waals surface area contributed by atoms with Crippen LogP contribution in [0.15, 0.2) is 48.8 Å². The topological polar surface area (TPSA) is 76.1 Å². The number of rotatable bonds is 7. The van der Waals surface area contributed by atoms with E-state index in [9.17, 15) is 9.18 Å². The molecule has 0 unspecified atom stereocenters. The number of allylic oxidation sites excluding steroid dienone is 1. The van der Waals surface area contributed by atoms with Crippen molar-refractivity contribution in [2.45, 2.75) is 51.5 Å². The lowest BCUT2D eigenvalue weighted by molar-refractivity contribution is 0.251. The van der Waals surface area contributed by atoms with E-state index in [1.165, 1.54) is 17.7 Å². The molecule has 2 aromatic heterocycles. The average molecular weight is 459 g/mol. The molecule has 174 valence electrons. The molecule has 0 bridgehead atoms. The van der Waals surface area contributed by atoms with Crippen molar-refractivity contribution in [3.63, 3.8) is 0 Å². The highest BCUT2D eigenvalue weighted by molar-refractivity contribution is 5.89. The second-order valence-corrected chi connectivity index (χ2v) is 8.76. The van der Waals surface area contributed by atoms with Gasteiger partial charge in [0.2, 0.25) is 0 Å². The van der Waals surface area contributed by atoms with Crippen LogP contribution in [0.25, 0.3) is 11.6 Å². The maximum atomic E-state index is 14.7. The second-order valence-electron chi connectivity index (χ2n) is 8.76. The van der Waals surface area contributed by atoms with Gasteiger partial charge in [-0.2, -0.15) is 0 Å². The zero-order valence-electron chi connectivity index (χ0n) is 19.1. The van der Waals surface area contributed by atoms with E-state index < -0.39 is 5.82 Å². The van der Waals surface area contributed by atoms with Gasteiger partial charge in [0.05, 0.1) is 11.4 Å². The first kappa shape index (κ1) is 22.1. The quantitative estimate of drug-likeness (QED) is 0.446. The number of aromatic nitrogens is 2. The summed E-state index contributed by atoms with van der Waals surface area (Å²) in [6, 6.07) is 10.3. The fraction of sp³-hybridized carbons (Fsp3) is 0.296. The molecule has 2 aliphatic carbocycles. The highest BCUT2D eigenvalue weighted by Gasteiger charge is 2.23. The van der Waals surface area contributed by atoms with E-state index in [1.54, 1.807) is 18.3 Å². The molecule has 2 N–H and O–H groups in total. The van der Waals surface area contributed by atoms with E-state index >= 15 is 0 Å². The zero-order chi connectivity index (χ0) is 23.5. The van der Waals surface area contributed by atoms with Crippen molar-refractivity contribution in [2.24, 2.45) is 0 Å². The van der Waals surface area contributed by atoms with Crippen molar-refractivity contribution < 1.29 is 13.9 Å². The molecule has 0 saturated heterocycles. The van der Waals surface area contributed by atoms with Gasteiger partial charge < -0.3 is 15.4 Å². The number of nitrogens with zero attached hydrogens (tertiary/aromatic N) is 2. The number of carbonyl (C=O) groups is 1. The number of pyridine rings is 2. The minimum Gasteiger partial charge on any atom is -0.454 e. The van der Waals surface area contributed by atoms with Gasteiger partial charge in [0.25, 0.3) is 0 Å². The summed E-state index contributed by atoms with van der Waals surface area (Å²) in [7, 11) is 0. The molecule has 2 aliphatic rings. The Labute approximate surface area is 198 Å². The largest absolute Gasteiger partial charge is 0.454 e. The van der Waals surface area contributed by atoms with Gasteiger partial charge in [-0.1, -0.05) is 19.4 Å². The third-order valence-electron chi connectivity index (χ3n) is 6.02. The molecule has 5 rings (SSSR count). The maximum Gasteiger partial charge on any atom is 0.319 e. The van der Waals surface area contributed by atoms with Crippen molar-refractivity contribution in [1.82, 2.24) is 15.3 Å². The van der Waals surface area contributed by atoms with Crippen molar-refractivity contribution in [3.05, 3.63) is 77.1 Å². The van der Waals surface area contributed by atoms with Crippen molar-refractivity contribution in [3.8, 4) is 11.5 Å². The molecule has 2 amide bonds. The number of anilines is 1. The van der Waals surface area contributed by atoms with E-state index in [4.69, 9.17) is 4.74 Å². The van der Waals surface area contributed by atoms with Crippen molar-refractivity contribution in [1.29, 1.82) is 0 Å². The molecular formula is C27H27FN4O2. The van der Waals surface area contributed by atoms with Crippen LogP contribution in [-0.4, -0.2) is 22.0 Å². The van der Waals surface area contributed by atoms with E-state index in [0.29, 0.717) is 11.4 Å². The Bertz CT molecular complexity index is 1240. The van der Waals surface area contributed by atoms with Gasteiger partial charge in [-0.3, -0.25) is 9.97 Å². The molecular weight excluding hydrogens is 431 g/mol. The molecule has 0 radical (unpaired) electrons. The number of hydrogen-bond donors (Lipinski definition) is 2. The summed E-state index contributed by atoms with van der Waals surface area (Å²) in [5.74, 6) is 0.139. The highest BCUT2D eigenvalue weighted by Crippen LogP contribution is 2.36. The Kier molecular flexibility index (Phi) is 6.25. The monoisotopic (exact) mass is 458 g/mol. The first-order valence-electron chi connectivity index (χ1n) is 11.8. The SMILES string of the molecule is CCCc1ccc(C2=Cc3nccc(Oc4ccc(NC(=O)NC5CC5)cc4F)c3CC2)nc1. The van der Waals surface area contributed by atoms with Crippen LogP contribution in [-0.2, 0) is 12.8 Å². The standard InChI is InChI=1S/C27H27FN4O2/c1-2-3-17-4-10-23(30-16-17)18-5-9-21-24(14-18)29-13-12-25(21)34-26-11-8-20(15-22(26)28)32-27(33)31-19-6-7-19/h4,8,10-16,19H,2-3,5-7,9H2,1H3,(H2,31,32,33). The fourth-order valence-corrected chi connectivity index (χ4v) is 4.07. The van der Waals surface area contributed by atoms with E-state index in [2.05, 4.69) is 39.7 Å². The molecule has 1 saturated carbocycles. The van der Waals surface area contributed by atoms with Crippen LogP contribution in [0.4, 0.5) is 14.9 Å². The lowest BCUT2D eigenvalue weighted by Crippen LogP contribution is -2.30. The van der Waals surface area contributed by atoms with Gasteiger partial charge in [-0.15, -0.1) is 0 Å². The minimum absolute atomic E-state index is 0.101. The molecule has 0 spiro atoms. The van der Waals surface area contributed by atoms with Gasteiger partial charge >= 0.3 is 6.03 Å². The number of carbonyl (C=O) groups excluding carboxylic acids is 1. The average Bonchev–Trinajstić information content (AvgIpc) is 3.65. The smallest absolute Gasteiger partial charge is 0.319 e. The van der Waals surface area contributed by atoms with Crippen molar-refractivity contribution >= 4 is 23.4 Å². The third kappa shape index (κ3) is 5.09. The van der Waals surface area contributed by atoms with Crippen LogP contribution in [0.1, 0.15) is 55.1 Å². The second kappa shape index (κ2) is 9.63. The Morgan fingerprint density at radius 3 is 2.74 bits per heavy atom. The lowest BCUT2D eigenvalue weighted by atomic mass is 9.93. The number of aryl methyl sites for hydroxylation is 1. The molecule has 7 heteroatoms. The van der Waals surface area contributed by atoms with Crippen LogP contribution >= 0.6 is 0 Å². The Morgan fingerprint density at radius 1 is 1.12 bits per heavy atom. The number of amides is 2. The minimum atomic E-state index is -0.543. The Balaban J connectivity index is 1.31.